The first-order valence-electron chi connectivity index (χ1n) is 5.08. The lowest BCUT2D eigenvalue weighted by molar-refractivity contribution is 0.600. The Morgan fingerprint density at radius 1 is 1.26 bits per heavy atom. The van der Waals surface area contributed by atoms with Crippen molar-refractivity contribution >= 4 is 37.5 Å². The summed E-state index contributed by atoms with van der Waals surface area (Å²) < 4.78 is 39.7. The molecule has 3 N–H and O–H groups in total. The van der Waals surface area contributed by atoms with Gasteiger partial charge in [-0.05, 0) is 30.3 Å². The summed E-state index contributed by atoms with van der Waals surface area (Å²) in [6.45, 7) is 0. The number of aromatic nitrogens is 1. The van der Waals surface area contributed by atoms with Gasteiger partial charge in [0.1, 0.15) is 16.5 Å². The van der Waals surface area contributed by atoms with Crippen molar-refractivity contribution in [3.63, 3.8) is 0 Å². The summed E-state index contributed by atoms with van der Waals surface area (Å²) in [4.78, 5) is 3.55. The highest BCUT2D eigenvalue weighted by Gasteiger charge is 2.18. The molecule has 5 nitrogen and oxygen atoms in total. The van der Waals surface area contributed by atoms with Gasteiger partial charge in [0, 0.05) is 4.47 Å². The van der Waals surface area contributed by atoms with Gasteiger partial charge in [0.05, 0.1) is 11.9 Å². The zero-order chi connectivity index (χ0) is 14.0. The summed E-state index contributed by atoms with van der Waals surface area (Å²) in [5.74, 6) is -0.536. The smallest absolute Gasteiger partial charge is 0.265 e. The van der Waals surface area contributed by atoms with Gasteiger partial charge in [0.15, 0.2) is 0 Å². The Labute approximate surface area is 117 Å². The van der Waals surface area contributed by atoms with Gasteiger partial charge in [-0.25, -0.2) is 17.8 Å². The Hall–Kier alpha value is -1.67. The van der Waals surface area contributed by atoms with Crippen LogP contribution in [0.2, 0.25) is 0 Å². The summed E-state index contributed by atoms with van der Waals surface area (Å²) in [6, 6.07) is 6.80. The van der Waals surface area contributed by atoms with E-state index in [2.05, 4.69) is 25.6 Å². The first-order chi connectivity index (χ1) is 8.88. The van der Waals surface area contributed by atoms with Gasteiger partial charge < -0.3 is 5.73 Å². The van der Waals surface area contributed by atoms with Crippen LogP contribution >= 0.6 is 15.9 Å². The highest BCUT2D eigenvalue weighted by Crippen LogP contribution is 2.24. The third-order valence-electron chi connectivity index (χ3n) is 2.23. The van der Waals surface area contributed by atoms with E-state index in [-0.39, 0.29) is 16.4 Å². The highest BCUT2D eigenvalue weighted by atomic mass is 79.9. The maximum Gasteiger partial charge on any atom is 0.265 e. The average Bonchev–Trinajstić information content (AvgIpc) is 2.35. The van der Waals surface area contributed by atoms with Crippen LogP contribution in [0.4, 0.5) is 15.9 Å². The molecule has 0 atom stereocenters. The van der Waals surface area contributed by atoms with Crippen LogP contribution in [-0.4, -0.2) is 13.4 Å². The van der Waals surface area contributed by atoms with Crippen molar-refractivity contribution in [2.75, 3.05) is 10.5 Å². The fraction of sp³-hybridized carbons (Fsp3) is 0. The molecule has 19 heavy (non-hydrogen) atoms. The minimum Gasteiger partial charge on any atom is -0.398 e. The van der Waals surface area contributed by atoms with Crippen molar-refractivity contribution in [3.8, 4) is 0 Å². The first-order valence-corrected chi connectivity index (χ1v) is 7.35. The van der Waals surface area contributed by atoms with Crippen molar-refractivity contribution < 1.29 is 12.8 Å². The van der Waals surface area contributed by atoms with Crippen molar-refractivity contribution in [2.24, 2.45) is 0 Å². The molecule has 0 aliphatic heterocycles. The van der Waals surface area contributed by atoms with Gasteiger partial charge in [-0.2, -0.15) is 0 Å². The molecular formula is C11H9BrFN3O2S. The van der Waals surface area contributed by atoms with Crippen molar-refractivity contribution in [2.45, 2.75) is 4.90 Å². The lowest BCUT2D eigenvalue weighted by Gasteiger charge is -2.09. The number of hydrogen-bond acceptors (Lipinski definition) is 4. The Morgan fingerprint density at radius 2 is 2.00 bits per heavy atom. The Balaban J connectivity index is 2.37. The molecule has 0 aliphatic rings. The van der Waals surface area contributed by atoms with Crippen LogP contribution in [0, 0.1) is 5.82 Å². The lowest BCUT2D eigenvalue weighted by atomic mass is 10.3. The van der Waals surface area contributed by atoms with Gasteiger partial charge >= 0.3 is 0 Å². The molecule has 2 rings (SSSR count). The second-order valence-electron chi connectivity index (χ2n) is 3.65. The average molecular weight is 346 g/mol. The van der Waals surface area contributed by atoms with Crippen LogP contribution in [-0.2, 0) is 10.0 Å². The Kier molecular flexibility index (Phi) is 3.72. The number of anilines is 2. The van der Waals surface area contributed by atoms with E-state index in [0.29, 0.717) is 4.47 Å². The fourth-order valence-electron chi connectivity index (χ4n) is 1.37. The predicted molar refractivity (Wildman–Crippen MR) is 73.6 cm³/mol. The Bertz CT molecular complexity index is 704. The number of rotatable bonds is 3. The summed E-state index contributed by atoms with van der Waals surface area (Å²) in [5, 5.41) is 0. The molecule has 0 spiro atoms. The van der Waals surface area contributed by atoms with E-state index in [1.807, 2.05) is 0 Å². The maximum atomic E-state index is 12.7. The largest absolute Gasteiger partial charge is 0.398 e. The second kappa shape index (κ2) is 5.14. The van der Waals surface area contributed by atoms with Crippen molar-refractivity contribution in [3.05, 3.63) is 46.8 Å². The molecule has 0 fully saturated rings. The van der Waals surface area contributed by atoms with Gasteiger partial charge in [-0.15, -0.1) is 0 Å². The van der Waals surface area contributed by atoms with Gasteiger partial charge in [-0.3, -0.25) is 4.72 Å². The van der Waals surface area contributed by atoms with Gasteiger partial charge in [0.25, 0.3) is 10.0 Å². The molecule has 2 aromatic rings. The minimum atomic E-state index is -3.87. The molecular weight excluding hydrogens is 337 g/mol. The molecule has 0 radical (unpaired) electrons. The van der Waals surface area contributed by atoms with Crippen LogP contribution in [0.15, 0.2) is 45.9 Å². The third-order valence-corrected chi connectivity index (χ3v) is 4.14. The van der Waals surface area contributed by atoms with E-state index in [9.17, 15) is 12.8 Å². The first kappa shape index (κ1) is 13.8. The number of nitrogens with two attached hydrogens (primary N) is 1. The fourth-order valence-corrected chi connectivity index (χ4v) is 3.05. The van der Waals surface area contributed by atoms with Crippen LogP contribution in [0.5, 0.6) is 0 Å². The molecule has 100 valence electrons. The zero-order valence-electron chi connectivity index (χ0n) is 9.47. The minimum absolute atomic E-state index is 0.0146. The van der Waals surface area contributed by atoms with Gasteiger partial charge in [-0.1, -0.05) is 15.9 Å². The summed E-state index contributed by atoms with van der Waals surface area (Å²) in [7, 11) is -3.87. The standard InChI is InChI=1S/C11H9BrFN3O2S/c12-7-1-3-9(14)10(5-7)19(17,18)16-11-4-2-8(13)6-15-11/h1-6H,14H2,(H,15,16). The van der Waals surface area contributed by atoms with Crippen LogP contribution in [0.1, 0.15) is 0 Å². The number of nitrogens with one attached hydrogen (secondary N) is 1. The normalized spacial score (nSPS) is 11.3. The third kappa shape index (κ3) is 3.21. The number of nitrogen functional groups attached to an aromatic ring is 1. The van der Waals surface area contributed by atoms with Crippen LogP contribution in [0.25, 0.3) is 0 Å². The van der Waals surface area contributed by atoms with E-state index in [1.54, 1.807) is 6.07 Å². The number of halogens is 2. The highest BCUT2D eigenvalue weighted by molar-refractivity contribution is 9.10. The predicted octanol–water partition coefficient (Wildman–Crippen LogP) is 2.37. The maximum absolute atomic E-state index is 12.7. The molecule has 0 aliphatic carbocycles. The molecule has 0 unspecified atom stereocenters. The monoisotopic (exact) mass is 345 g/mol. The lowest BCUT2D eigenvalue weighted by Crippen LogP contribution is -2.15. The van der Waals surface area contributed by atoms with E-state index in [1.165, 1.54) is 18.2 Å². The van der Waals surface area contributed by atoms with E-state index < -0.39 is 15.8 Å². The Morgan fingerprint density at radius 3 is 2.63 bits per heavy atom. The number of nitrogens with zero attached hydrogens (tertiary/aromatic N) is 1. The molecule has 1 heterocycles. The molecule has 1 aromatic heterocycles. The molecule has 0 saturated heterocycles. The van der Waals surface area contributed by atoms with Gasteiger partial charge in [0.2, 0.25) is 0 Å². The topological polar surface area (TPSA) is 85.1 Å². The summed E-state index contributed by atoms with van der Waals surface area (Å²) >= 11 is 3.17. The number of pyridine rings is 1. The van der Waals surface area contributed by atoms with Crippen molar-refractivity contribution in [1.29, 1.82) is 0 Å². The quantitative estimate of drug-likeness (QED) is 0.836. The van der Waals surface area contributed by atoms with Crippen LogP contribution in [0.3, 0.4) is 0 Å². The summed E-state index contributed by atoms with van der Waals surface area (Å²) in [6.07, 6.45) is 0.919. The van der Waals surface area contributed by atoms with Crippen LogP contribution < -0.4 is 10.5 Å². The van der Waals surface area contributed by atoms with Crippen molar-refractivity contribution in [1.82, 2.24) is 4.98 Å². The molecule has 0 bridgehead atoms. The number of hydrogen-bond donors (Lipinski definition) is 2. The molecule has 1 aromatic carbocycles. The number of sulfonamides is 1. The SMILES string of the molecule is Nc1ccc(Br)cc1S(=O)(=O)Nc1ccc(F)cn1. The second-order valence-corrected chi connectivity index (χ2v) is 6.22. The molecule has 8 heteroatoms. The summed E-state index contributed by atoms with van der Waals surface area (Å²) in [5.41, 5.74) is 5.74. The van der Waals surface area contributed by atoms with E-state index in [4.69, 9.17) is 5.73 Å². The zero-order valence-corrected chi connectivity index (χ0v) is 11.9. The van der Waals surface area contributed by atoms with E-state index in [0.717, 1.165) is 12.3 Å². The molecule has 0 saturated carbocycles. The molecule has 0 amide bonds. The van der Waals surface area contributed by atoms with E-state index >= 15 is 0 Å². The number of benzene rings is 1.